The molecular weight excluding hydrogens is 206 g/mol. The fraction of sp³-hybridized carbons (Fsp3) is 0.833. The molecule has 4 nitrogen and oxygen atoms in total. The van der Waals surface area contributed by atoms with E-state index in [4.69, 9.17) is 0 Å². The monoisotopic (exact) mass is 227 g/mol. The molecule has 1 aliphatic rings. The lowest BCUT2D eigenvalue weighted by molar-refractivity contribution is -0.136. The van der Waals surface area contributed by atoms with Crippen molar-refractivity contribution in [1.29, 1.82) is 0 Å². The number of likely N-dealkylation sites (N-methyl/N-ethyl adjacent to an activating group) is 1. The number of hydrogen-bond donors (Lipinski definition) is 1. The van der Waals surface area contributed by atoms with E-state index in [1.165, 1.54) is 6.92 Å². The summed E-state index contributed by atoms with van der Waals surface area (Å²) in [6, 6.07) is -0.0618. The summed E-state index contributed by atoms with van der Waals surface area (Å²) in [7, 11) is 1.72. The van der Waals surface area contributed by atoms with E-state index in [2.05, 4.69) is 0 Å². The Morgan fingerprint density at radius 1 is 1.25 bits per heavy atom. The number of ketones is 1. The average Bonchev–Trinajstić information content (AvgIpc) is 2.25. The minimum Gasteiger partial charge on any atom is -0.391 e. The van der Waals surface area contributed by atoms with Gasteiger partial charge in [0.05, 0.1) is 12.1 Å². The van der Waals surface area contributed by atoms with Crippen LogP contribution in [0, 0.1) is 0 Å². The molecule has 1 fully saturated rings. The summed E-state index contributed by atoms with van der Waals surface area (Å²) >= 11 is 0. The molecule has 0 radical (unpaired) electrons. The Kier molecular flexibility index (Phi) is 4.93. The first-order valence-corrected chi connectivity index (χ1v) is 5.95. The lowest BCUT2D eigenvalue weighted by Gasteiger charge is -2.35. The molecule has 0 aliphatic heterocycles. The van der Waals surface area contributed by atoms with Crippen LogP contribution in [-0.2, 0) is 9.59 Å². The first-order valence-electron chi connectivity index (χ1n) is 5.95. The molecule has 0 spiro atoms. The van der Waals surface area contributed by atoms with Gasteiger partial charge in [-0.3, -0.25) is 4.79 Å². The average molecular weight is 227 g/mol. The summed E-state index contributed by atoms with van der Waals surface area (Å²) in [4.78, 5) is 24.2. The van der Waals surface area contributed by atoms with Crippen LogP contribution in [0.15, 0.2) is 0 Å². The largest absolute Gasteiger partial charge is 0.391 e. The number of rotatable bonds is 4. The molecule has 0 heterocycles. The van der Waals surface area contributed by atoms with Gasteiger partial charge < -0.3 is 14.8 Å². The summed E-state index contributed by atoms with van der Waals surface area (Å²) in [5.74, 6) is -0.00732. The minimum absolute atomic E-state index is 0.0333. The molecule has 1 aliphatic carbocycles. The van der Waals surface area contributed by atoms with Crippen molar-refractivity contribution in [1.82, 2.24) is 4.90 Å². The fourth-order valence-corrected chi connectivity index (χ4v) is 2.19. The van der Waals surface area contributed by atoms with Gasteiger partial charge in [-0.2, -0.15) is 0 Å². The van der Waals surface area contributed by atoms with Crippen LogP contribution in [-0.4, -0.2) is 40.9 Å². The maximum absolute atomic E-state index is 11.8. The molecule has 2 atom stereocenters. The van der Waals surface area contributed by atoms with Crippen molar-refractivity contribution >= 4 is 11.7 Å². The third-order valence-electron chi connectivity index (χ3n) is 3.28. The zero-order chi connectivity index (χ0) is 12.1. The Bertz CT molecular complexity index is 265. The molecule has 0 aromatic rings. The van der Waals surface area contributed by atoms with Crippen LogP contribution in [0.1, 0.15) is 45.4 Å². The zero-order valence-corrected chi connectivity index (χ0v) is 10.1. The van der Waals surface area contributed by atoms with Gasteiger partial charge in [-0.15, -0.1) is 0 Å². The Morgan fingerprint density at radius 3 is 2.44 bits per heavy atom. The van der Waals surface area contributed by atoms with E-state index in [0.717, 1.165) is 25.7 Å². The molecule has 0 aromatic heterocycles. The Morgan fingerprint density at radius 2 is 1.88 bits per heavy atom. The highest BCUT2D eigenvalue weighted by atomic mass is 16.3. The number of nitrogens with zero attached hydrogens (tertiary/aromatic N) is 1. The highest BCUT2D eigenvalue weighted by Crippen LogP contribution is 2.22. The van der Waals surface area contributed by atoms with Crippen LogP contribution in [0.4, 0.5) is 0 Å². The normalized spacial score (nSPS) is 25.2. The Balaban J connectivity index is 2.45. The summed E-state index contributed by atoms with van der Waals surface area (Å²) in [5, 5.41) is 9.80. The number of aliphatic hydroxyl groups excluding tert-OH is 1. The van der Waals surface area contributed by atoms with Crippen molar-refractivity contribution in [3.8, 4) is 0 Å². The first kappa shape index (κ1) is 13.2. The molecule has 2 unspecified atom stereocenters. The second-order valence-corrected chi connectivity index (χ2v) is 4.63. The molecule has 92 valence electrons. The standard InChI is InChI=1S/C12H21NO3/c1-9(14)7-8-12(16)13(2)10-5-3-4-6-11(10)15/h10-11,15H,3-8H2,1-2H3. The van der Waals surface area contributed by atoms with Crippen molar-refractivity contribution in [3.05, 3.63) is 0 Å². The summed E-state index contributed by atoms with van der Waals surface area (Å²) in [6.45, 7) is 1.49. The number of Topliss-reactive ketones (excluding diaryl/α,β-unsaturated/α-hetero) is 1. The van der Waals surface area contributed by atoms with Crippen LogP contribution in [0.5, 0.6) is 0 Å². The van der Waals surface area contributed by atoms with Crippen LogP contribution < -0.4 is 0 Å². The number of aliphatic hydroxyl groups is 1. The molecule has 4 heteroatoms. The van der Waals surface area contributed by atoms with Gasteiger partial charge in [0.1, 0.15) is 5.78 Å². The summed E-state index contributed by atoms with van der Waals surface area (Å²) in [5.41, 5.74) is 0. The number of carbonyl (C=O) groups excluding carboxylic acids is 2. The van der Waals surface area contributed by atoms with Gasteiger partial charge in [0.15, 0.2) is 0 Å². The molecule has 1 N–H and O–H groups in total. The fourth-order valence-electron chi connectivity index (χ4n) is 2.19. The van der Waals surface area contributed by atoms with Crippen molar-refractivity contribution in [3.63, 3.8) is 0 Å². The number of hydrogen-bond acceptors (Lipinski definition) is 3. The van der Waals surface area contributed by atoms with Crippen molar-refractivity contribution in [2.75, 3.05) is 7.05 Å². The zero-order valence-electron chi connectivity index (χ0n) is 10.1. The van der Waals surface area contributed by atoms with Crippen LogP contribution in [0.2, 0.25) is 0 Å². The van der Waals surface area contributed by atoms with E-state index < -0.39 is 6.10 Å². The van der Waals surface area contributed by atoms with E-state index in [9.17, 15) is 14.7 Å². The smallest absolute Gasteiger partial charge is 0.223 e. The van der Waals surface area contributed by atoms with E-state index in [1.54, 1.807) is 11.9 Å². The van der Waals surface area contributed by atoms with E-state index in [1.807, 2.05) is 0 Å². The Labute approximate surface area is 96.6 Å². The summed E-state index contributed by atoms with van der Waals surface area (Å²) in [6.07, 6.45) is 3.89. The topological polar surface area (TPSA) is 57.6 Å². The minimum atomic E-state index is -0.403. The lowest BCUT2D eigenvalue weighted by atomic mass is 9.91. The van der Waals surface area contributed by atoms with Gasteiger partial charge in [0.25, 0.3) is 0 Å². The van der Waals surface area contributed by atoms with E-state index >= 15 is 0 Å². The second-order valence-electron chi connectivity index (χ2n) is 4.63. The highest BCUT2D eigenvalue weighted by molar-refractivity contribution is 5.83. The quantitative estimate of drug-likeness (QED) is 0.783. The van der Waals surface area contributed by atoms with Gasteiger partial charge in [-0.1, -0.05) is 12.8 Å². The molecule has 0 saturated heterocycles. The van der Waals surface area contributed by atoms with Gasteiger partial charge in [0.2, 0.25) is 5.91 Å². The van der Waals surface area contributed by atoms with Crippen molar-refractivity contribution < 1.29 is 14.7 Å². The molecule has 1 saturated carbocycles. The van der Waals surface area contributed by atoms with Crippen molar-refractivity contribution in [2.45, 2.75) is 57.6 Å². The van der Waals surface area contributed by atoms with Crippen LogP contribution in [0.25, 0.3) is 0 Å². The van der Waals surface area contributed by atoms with Gasteiger partial charge in [-0.05, 0) is 19.8 Å². The molecule has 0 aromatic carbocycles. The first-order chi connectivity index (χ1) is 7.52. The lowest BCUT2D eigenvalue weighted by Crippen LogP contribution is -2.46. The van der Waals surface area contributed by atoms with Crippen LogP contribution in [0.3, 0.4) is 0 Å². The molecule has 1 amide bonds. The molecular formula is C12H21NO3. The third kappa shape index (κ3) is 3.59. The summed E-state index contributed by atoms with van der Waals surface area (Å²) < 4.78 is 0. The molecule has 1 rings (SSSR count). The maximum atomic E-state index is 11.8. The van der Waals surface area contributed by atoms with Crippen LogP contribution >= 0.6 is 0 Å². The van der Waals surface area contributed by atoms with Gasteiger partial charge in [-0.25, -0.2) is 0 Å². The Hall–Kier alpha value is -0.900. The third-order valence-corrected chi connectivity index (χ3v) is 3.28. The molecule has 16 heavy (non-hydrogen) atoms. The van der Waals surface area contributed by atoms with Gasteiger partial charge >= 0.3 is 0 Å². The molecule has 0 bridgehead atoms. The maximum Gasteiger partial charge on any atom is 0.223 e. The van der Waals surface area contributed by atoms with E-state index in [-0.39, 0.29) is 24.2 Å². The second kappa shape index (κ2) is 5.99. The predicted octanol–water partition coefficient (Wildman–Crippen LogP) is 1.12. The predicted molar refractivity (Wildman–Crippen MR) is 60.9 cm³/mol. The number of amides is 1. The van der Waals surface area contributed by atoms with Gasteiger partial charge in [0, 0.05) is 19.9 Å². The SMILES string of the molecule is CC(=O)CCC(=O)N(C)C1CCCCC1O. The van der Waals surface area contributed by atoms with Crippen molar-refractivity contribution in [2.24, 2.45) is 0 Å². The van der Waals surface area contributed by atoms with E-state index in [0.29, 0.717) is 6.42 Å². The highest BCUT2D eigenvalue weighted by Gasteiger charge is 2.28. The number of carbonyl (C=O) groups is 2.